The Morgan fingerprint density at radius 2 is 1.80 bits per heavy atom. The van der Waals surface area contributed by atoms with Crippen LogP contribution in [0.4, 0.5) is 4.79 Å². The zero-order valence-electron chi connectivity index (χ0n) is 11.9. The lowest BCUT2D eigenvalue weighted by atomic mass is 10.1. The third-order valence-corrected chi connectivity index (χ3v) is 2.74. The number of hydrogen-bond donors (Lipinski definition) is 1. The number of aryl methyl sites for hydroxylation is 1. The van der Waals surface area contributed by atoms with Crippen LogP contribution in [0.5, 0.6) is 11.5 Å². The topological polar surface area (TPSA) is 73.9 Å². The highest BCUT2D eigenvalue weighted by atomic mass is 16.5. The summed E-state index contributed by atoms with van der Waals surface area (Å²) in [7, 11) is 4.37. The molecule has 0 aromatic heterocycles. The van der Waals surface area contributed by atoms with Crippen LogP contribution in [-0.2, 0) is 16.0 Å². The largest absolute Gasteiger partial charge is 0.493 e. The number of imide groups is 1. The molecule has 6 heteroatoms. The fourth-order valence-electron chi connectivity index (χ4n) is 1.72. The van der Waals surface area contributed by atoms with Gasteiger partial charge >= 0.3 is 6.09 Å². The third kappa shape index (κ3) is 4.79. The van der Waals surface area contributed by atoms with E-state index in [9.17, 15) is 9.59 Å². The van der Waals surface area contributed by atoms with E-state index in [0.717, 1.165) is 5.56 Å². The van der Waals surface area contributed by atoms with E-state index < -0.39 is 6.09 Å². The van der Waals surface area contributed by atoms with Crippen LogP contribution in [0.15, 0.2) is 18.2 Å². The second kappa shape index (κ2) is 8.04. The van der Waals surface area contributed by atoms with Crippen molar-refractivity contribution in [3.8, 4) is 11.5 Å². The van der Waals surface area contributed by atoms with Crippen molar-refractivity contribution in [1.82, 2.24) is 5.32 Å². The molecule has 1 aromatic carbocycles. The number of hydrogen-bond acceptors (Lipinski definition) is 5. The predicted octanol–water partition coefficient (Wildman–Crippen LogP) is 1.91. The predicted molar refractivity (Wildman–Crippen MR) is 73.0 cm³/mol. The lowest BCUT2D eigenvalue weighted by Gasteiger charge is -2.09. The standard InChI is InChI=1S/C14H19NO5/c1-18-11-8-7-10(9-12(11)19-2)5-4-6-13(16)15-14(17)20-3/h7-9H,4-6H2,1-3H3,(H,15,16,17). The number of benzene rings is 1. The Hall–Kier alpha value is -2.24. The molecule has 2 amide bonds. The summed E-state index contributed by atoms with van der Waals surface area (Å²) in [5.41, 5.74) is 1.04. The van der Waals surface area contributed by atoms with Gasteiger partial charge in [-0.3, -0.25) is 10.1 Å². The van der Waals surface area contributed by atoms with Gasteiger partial charge in [-0.1, -0.05) is 6.07 Å². The Bertz CT molecular complexity index is 473. The lowest BCUT2D eigenvalue weighted by Crippen LogP contribution is -2.29. The molecule has 1 N–H and O–H groups in total. The number of rotatable bonds is 6. The Kier molecular flexibility index (Phi) is 6.36. The maximum absolute atomic E-state index is 11.4. The van der Waals surface area contributed by atoms with Gasteiger partial charge in [-0.15, -0.1) is 0 Å². The van der Waals surface area contributed by atoms with E-state index in [1.54, 1.807) is 14.2 Å². The van der Waals surface area contributed by atoms with Crippen molar-refractivity contribution >= 4 is 12.0 Å². The van der Waals surface area contributed by atoms with Crippen molar-refractivity contribution in [3.63, 3.8) is 0 Å². The first-order valence-corrected chi connectivity index (χ1v) is 6.19. The minimum Gasteiger partial charge on any atom is -0.493 e. The highest BCUT2D eigenvalue weighted by Crippen LogP contribution is 2.28. The number of amides is 2. The van der Waals surface area contributed by atoms with E-state index in [4.69, 9.17) is 9.47 Å². The molecule has 0 unspecified atom stereocenters. The van der Waals surface area contributed by atoms with E-state index in [1.165, 1.54) is 7.11 Å². The number of carbonyl (C=O) groups excluding carboxylic acids is 2. The fourth-order valence-corrected chi connectivity index (χ4v) is 1.72. The normalized spacial score (nSPS) is 9.75. The van der Waals surface area contributed by atoms with Crippen molar-refractivity contribution in [3.05, 3.63) is 23.8 Å². The van der Waals surface area contributed by atoms with Crippen LogP contribution in [0.1, 0.15) is 18.4 Å². The molecule has 0 saturated heterocycles. The monoisotopic (exact) mass is 281 g/mol. The number of methoxy groups -OCH3 is 3. The van der Waals surface area contributed by atoms with Gasteiger partial charge in [-0.05, 0) is 30.5 Å². The van der Waals surface area contributed by atoms with Gasteiger partial charge in [0.15, 0.2) is 11.5 Å². The highest BCUT2D eigenvalue weighted by molar-refractivity contribution is 5.91. The van der Waals surface area contributed by atoms with E-state index in [2.05, 4.69) is 10.1 Å². The molecule has 0 fully saturated rings. The minimum atomic E-state index is -0.735. The van der Waals surface area contributed by atoms with Crippen molar-refractivity contribution in [2.75, 3.05) is 21.3 Å². The summed E-state index contributed by atoms with van der Waals surface area (Å²) in [6, 6.07) is 5.61. The first-order chi connectivity index (χ1) is 9.60. The summed E-state index contributed by atoms with van der Waals surface area (Å²) in [5.74, 6) is 0.973. The van der Waals surface area contributed by atoms with E-state index in [1.807, 2.05) is 18.2 Å². The number of ether oxygens (including phenoxy) is 3. The van der Waals surface area contributed by atoms with Crippen LogP contribution in [-0.4, -0.2) is 33.3 Å². The lowest BCUT2D eigenvalue weighted by molar-refractivity contribution is -0.120. The summed E-state index contributed by atoms with van der Waals surface area (Å²) in [6.07, 6.45) is 0.845. The van der Waals surface area contributed by atoms with Crippen LogP contribution < -0.4 is 14.8 Å². The van der Waals surface area contributed by atoms with Crippen LogP contribution >= 0.6 is 0 Å². The maximum Gasteiger partial charge on any atom is 0.413 e. The van der Waals surface area contributed by atoms with Gasteiger partial charge in [0.2, 0.25) is 5.91 Å². The molecule has 0 radical (unpaired) electrons. The molecule has 0 aliphatic carbocycles. The van der Waals surface area contributed by atoms with Gasteiger partial charge in [0.25, 0.3) is 0 Å². The van der Waals surface area contributed by atoms with Crippen molar-refractivity contribution in [2.24, 2.45) is 0 Å². The van der Waals surface area contributed by atoms with Gasteiger partial charge in [0.05, 0.1) is 21.3 Å². The number of nitrogens with one attached hydrogen (secondary N) is 1. The number of alkyl carbamates (subject to hydrolysis) is 1. The summed E-state index contributed by atoms with van der Waals surface area (Å²) >= 11 is 0. The molecule has 0 aliphatic rings. The fraction of sp³-hybridized carbons (Fsp3) is 0.429. The molecule has 6 nitrogen and oxygen atoms in total. The highest BCUT2D eigenvalue weighted by Gasteiger charge is 2.08. The van der Waals surface area contributed by atoms with Crippen molar-refractivity contribution in [1.29, 1.82) is 0 Å². The molecule has 0 saturated carbocycles. The molecule has 1 aromatic rings. The summed E-state index contributed by atoms with van der Waals surface area (Å²) in [6.45, 7) is 0. The maximum atomic E-state index is 11.4. The molecule has 110 valence electrons. The molecular formula is C14H19NO5. The molecule has 0 aliphatic heterocycles. The SMILES string of the molecule is COC(=O)NC(=O)CCCc1ccc(OC)c(OC)c1. The molecule has 0 spiro atoms. The quantitative estimate of drug-likeness (QED) is 0.862. The molecular weight excluding hydrogens is 262 g/mol. The number of carbonyl (C=O) groups is 2. The Morgan fingerprint density at radius 1 is 1.10 bits per heavy atom. The molecule has 0 atom stereocenters. The minimum absolute atomic E-state index is 0.253. The Balaban J connectivity index is 2.46. The van der Waals surface area contributed by atoms with Crippen molar-refractivity contribution in [2.45, 2.75) is 19.3 Å². The first kappa shape index (κ1) is 15.8. The van der Waals surface area contributed by atoms with Crippen LogP contribution in [0.25, 0.3) is 0 Å². The van der Waals surface area contributed by atoms with E-state index in [0.29, 0.717) is 24.3 Å². The average Bonchev–Trinajstić information content (AvgIpc) is 2.46. The summed E-state index contributed by atoms with van der Waals surface area (Å²) in [5, 5.41) is 2.11. The Morgan fingerprint density at radius 3 is 2.40 bits per heavy atom. The van der Waals surface area contributed by atoms with Gasteiger partial charge in [-0.2, -0.15) is 0 Å². The molecule has 20 heavy (non-hydrogen) atoms. The van der Waals surface area contributed by atoms with Crippen LogP contribution in [0.2, 0.25) is 0 Å². The molecule has 0 heterocycles. The van der Waals surface area contributed by atoms with Crippen molar-refractivity contribution < 1.29 is 23.8 Å². The van der Waals surface area contributed by atoms with Crippen LogP contribution in [0, 0.1) is 0 Å². The molecule has 0 bridgehead atoms. The second-order valence-corrected chi connectivity index (χ2v) is 4.08. The van der Waals surface area contributed by atoms with Crippen LogP contribution in [0.3, 0.4) is 0 Å². The zero-order chi connectivity index (χ0) is 15.0. The zero-order valence-corrected chi connectivity index (χ0v) is 11.9. The Labute approximate surface area is 118 Å². The average molecular weight is 281 g/mol. The summed E-state index contributed by atoms with van der Waals surface area (Å²) in [4.78, 5) is 22.2. The van der Waals surface area contributed by atoms with E-state index in [-0.39, 0.29) is 12.3 Å². The van der Waals surface area contributed by atoms with Gasteiger partial charge in [-0.25, -0.2) is 4.79 Å². The van der Waals surface area contributed by atoms with Gasteiger partial charge < -0.3 is 14.2 Å². The molecule has 1 rings (SSSR count). The summed E-state index contributed by atoms with van der Waals surface area (Å²) < 4.78 is 14.7. The third-order valence-electron chi connectivity index (χ3n) is 2.74. The second-order valence-electron chi connectivity index (χ2n) is 4.08. The first-order valence-electron chi connectivity index (χ1n) is 6.19. The van der Waals surface area contributed by atoms with Gasteiger partial charge in [0, 0.05) is 6.42 Å². The van der Waals surface area contributed by atoms with E-state index >= 15 is 0 Å². The smallest absolute Gasteiger partial charge is 0.413 e. The van der Waals surface area contributed by atoms with Gasteiger partial charge in [0.1, 0.15) is 0 Å².